The molecular weight excluding hydrogens is 421 g/mol. The van der Waals surface area contributed by atoms with Crippen LogP contribution < -0.4 is 9.64 Å². The van der Waals surface area contributed by atoms with Gasteiger partial charge in [-0.05, 0) is 29.8 Å². The zero-order valence-electron chi connectivity index (χ0n) is 17.4. The highest BCUT2D eigenvalue weighted by Gasteiger charge is 2.38. The highest BCUT2D eigenvalue weighted by molar-refractivity contribution is 6.33. The molecule has 0 radical (unpaired) electrons. The lowest BCUT2D eigenvalue weighted by atomic mass is 10.1. The van der Waals surface area contributed by atoms with Crippen LogP contribution in [0, 0.1) is 11.7 Å². The summed E-state index contributed by atoms with van der Waals surface area (Å²) in [6, 6.07) is 12.2. The molecule has 8 heteroatoms. The Balaban J connectivity index is 1.32. The van der Waals surface area contributed by atoms with Crippen molar-refractivity contribution in [1.29, 1.82) is 0 Å². The third-order valence-corrected chi connectivity index (χ3v) is 6.24. The molecule has 164 valence electrons. The van der Waals surface area contributed by atoms with Gasteiger partial charge in [0.05, 0.1) is 23.7 Å². The quantitative estimate of drug-likeness (QED) is 0.709. The number of nitrogens with zero attached hydrogens (tertiary/aromatic N) is 3. The monoisotopic (exact) mass is 445 g/mol. The van der Waals surface area contributed by atoms with Gasteiger partial charge in [-0.2, -0.15) is 0 Å². The molecule has 2 fully saturated rings. The summed E-state index contributed by atoms with van der Waals surface area (Å²) in [6.45, 7) is 3.56. The minimum Gasteiger partial charge on any atom is -0.494 e. The van der Waals surface area contributed by atoms with Crippen LogP contribution in [0.25, 0.3) is 0 Å². The van der Waals surface area contributed by atoms with E-state index >= 15 is 0 Å². The number of hydrogen-bond acceptors (Lipinski definition) is 4. The first-order chi connectivity index (χ1) is 15.0. The third kappa shape index (κ3) is 4.67. The largest absolute Gasteiger partial charge is 0.494 e. The number of rotatable bonds is 5. The lowest BCUT2D eigenvalue weighted by molar-refractivity contribution is -0.137. The smallest absolute Gasteiger partial charge is 0.228 e. The molecule has 0 spiro atoms. The van der Waals surface area contributed by atoms with Crippen LogP contribution >= 0.6 is 11.6 Å². The number of hydrogen-bond donors (Lipinski definition) is 0. The fourth-order valence-corrected chi connectivity index (χ4v) is 4.47. The molecular formula is C23H25ClFN3O3. The summed E-state index contributed by atoms with van der Waals surface area (Å²) in [7, 11) is 1.44. The lowest BCUT2D eigenvalue weighted by Crippen LogP contribution is -2.50. The van der Waals surface area contributed by atoms with Gasteiger partial charge in [0.25, 0.3) is 0 Å². The summed E-state index contributed by atoms with van der Waals surface area (Å²) in [6.07, 6.45) is 0.204. The van der Waals surface area contributed by atoms with Crippen LogP contribution in [-0.2, 0) is 16.1 Å². The molecule has 0 aliphatic carbocycles. The van der Waals surface area contributed by atoms with Crippen LogP contribution in [0.5, 0.6) is 5.75 Å². The first-order valence-corrected chi connectivity index (χ1v) is 10.7. The molecule has 0 N–H and O–H groups in total. The summed E-state index contributed by atoms with van der Waals surface area (Å²) in [5.74, 6) is -0.561. The van der Waals surface area contributed by atoms with Crippen molar-refractivity contribution in [3.05, 3.63) is 58.9 Å². The Labute approximate surface area is 186 Å². The van der Waals surface area contributed by atoms with E-state index in [4.69, 9.17) is 16.3 Å². The van der Waals surface area contributed by atoms with Gasteiger partial charge >= 0.3 is 0 Å². The van der Waals surface area contributed by atoms with E-state index in [2.05, 4.69) is 4.90 Å². The summed E-state index contributed by atoms with van der Waals surface area (Å²) in [5, 5.41) is 0.507. The van der Waals surface area contributed by atoms with Crippen LogP contribution in [0.15, 0.2) is 42.5 Å². The Bertz CT molecular complexity index is 978. The van der Waals surface area contributed by atoms with Gasteiger partial charge in [0.15, 0.2) is 11.6 Å². The van der Waals surface area contributed by atoms with Gasteiger partial charge in [-0.3, -0.25) is 14.5 Å². The molecule has 0 saturated carbocycles. The molecule has 0 unspecified atom stereocenters. The minimum atomic E-state index is -0.372. The Morgan fingerprint density at radius 1 is 1.16 bits per heavy atom. The second kappa shape index (κ2) is 9.24. The van der Waals surface area contributed by atoms with E-state index in [9.17, 15) is 14.0 Å². The zero-order valence-corrected chi connectivity index (χ0v) is 18.1. The van der Waals surface area contributed by atoms with Crippen molar-refractivity contribution in [2.24, 2.45) is 5.92 Å². The van der Waals surface area contributed by atoms with Gasteiger partial charge in [0, 0.05) is 45.7 Å². The summed E-state index contributed by atoms with van der Waals surface area (Å²) in [4.78, 5) is 31.2. The van der Waals surface area contributed by atoms with Crippen LogP contribution in [0.3, 0.4) is 0 Å². The van der Waals surface area contributed by atoms with Gasteiger partial charge in [-0.25, -0.2) is 4.39 Å². The Morgan fingerprint density at radius 2 is 1.90 bits per heavy atom. The third-order valence-electron chi connectivity index (χ3n) is 5.92. The van der Waals surface area contributed by atoms with E-state index in [1.165, 1.54) is 13.2 Å². The molecule has 2 heterocycles. The number of carbonyl (C=O) groups excluding carboxylic acids is 2. The summed E-state index contributed by atoms with van der Waals surface area (Å²) < 4.78 is 18.9. The van der Waals surface area contributed by atoms with Gasteiger partial charge in [-0.1, -0.05) is 29.8 Å². The number of anilines is 1. The number of methoxy groups -OCH3 is 1. The molecule has 2 amide bonds. The number of piperazine rings is 1. The highest BCUT2D eigenvalue weighted by Crippen LogP contribution is 2.31. The van der Waals surface area contributed by atoms with Gasteiger partial charge in [0.2, 0.25) is 11.8 Å². The van der Waals surface area contributed by atoms with Crippen LogP contribution in [0.4, 0.5) is 10.1 Å². The second-order valence-corrected chi connectivity index (χ2v) is 8.33. The number of halogens is 2. The molecule has 2 aromatic carbocycles. The Hall–Kier alpha value is -2.64. The molecule has 2 aromatic rings. The second-order valence-electron chi connectivity index (χ2n) is 7.93. The maximum absolute atomic E-state index is 13.9. The maximum Gasteiger partial charge on any atom is 0.228 e. The van der Waals surface area contributed by atoms with Crippen molar-refractivity contribution in [1.82, 2.24) is 9.80 Å². The van der Waals surface area contributed by atoms with Crippen molar-refractivity contribution in [3.63, 3.8) is 0 Å². The topological polar surface area (TPSA) is 53.1 Å². The molecule has 4 rings (SSSR count). The fraction of sp³-hybridized carbons (Fsp3) is 0.391. The molecule has 2 aliphatic rings. The number of para-hydroxylation sites is 1. The van der Waals surface area contributed by atoms with E-state index in [1.807, 2.05) is 23.1 Å². The van der Waals surface area contributed by atoms with Crippen molar-refractivity contribution in [3.8, 4) is 5.75 Å². The fourth-order valence-electron chi connectivity index (χ4n) is 4.23. The summed E-state index contributed by atoms with van der Waals surface area (Å²) in [5.41, 5.74) is 1.52. The molecule has 2 aliphatic heterocycles. The first-order valence-electron chi connectivity index (χ1n) is 10.3. The van der Waals surface area contributed by atoms with E-state index in [0.717, 1.165) is 5.56 Å². The van der Waals surface area contributed by atoms with E-state index < -0.39 is 0 Å². The van der Waals surface area contributed by atoms with E-state index in [1.54, 1.807) is 23.1 Å². The first kappa shape index (κ1) is 21.6. The SMILES string of the molecule is COc1ccc(CN2CCN(C(=O)[C@@H]3CC(=O)N(c4ccccc4Cl)C3)CC2)cc1F. The van der Waals surface area contributed by atoms with Gasteiger partial charge in [0.1, 0.15) is 0 Å². The number of benzene rings is 2. The van der Waals surface area contributed by atoms with E-state index in [-0.39, 0.29) is 35.7 Å². The molecule has 31 heavy (non-hydrogen) atoms. The highest BCUT2D eigenvalue weighted by atomic mass is 35.5. The minimum absolute atomic E-state index is 0.0121. The van der Waals surface area contributed by atoms with E-state index in [0.29, 0.717) is 50.0 Å². The predicted molar refractivity (Wildman–Crippen MR) is 117 cm³/mol. The standard InChI is InChI=1S/C23H25ClFN3O3/c1-31-21-7-6-16(12-19(21)25)14-26-8-10-27(11-9-26)23(30)17-13-22(29)28(15-17)20-5-3-2-4-18(20)24/h2-7,12,17H,8-11,13-15H2,1H3/t17-/m1/s1. The number of carbonyl (C=O) groups is 2. The van der Waals surface area contributed by atoms with Crippen molar-refractivity contribution in [2.75, 3.05) is 44.7 Å². The molecule has 0 aromatic heterocycles. The predicted octanol–water partition coefficient (Wildman–Crippen LogP) is 3.19. The maximum atomic E-state index is 13.9. The number of ether oxygens (including phenoxy) is 1. The van der Waals surface area contributed by atoms with Gasteiger partial charge < -0.3 is 14.5 Å². The van der Waals surface area contributed by atoms with Crippen molar-refractivity contribution >= 4 is 29.1 Å². The molecule has 2 saturated heterocycles. The van der Waals surface area contributed by atoms with Gasteiger partial charge in [-0.15, -0.1) is 0 Å². The molecule has 1 atom stereocenters. The lowest BCUT2D eigenvalue weighted by Gasteiger charge is -2.36. The van der Waals surface area contributed by atoms with Crippen LogP contribution in [0.1, 0.15) is 12.0 Å². The Kier molecular flexibility index (Phi) is 6.43. The van der Waals surface area contributed by atoms with Crippen molar-refractivity contribution in [2.45, 2.75) is 13.0 Å². The molecule has 0 bridgehead atoms. The normalized spacial score (nSPS) is 19.7. The average molecular weight is 446 g/mol. The summed E-state index contributed by atoms with van der Waals surface area (Å²) >= 11 is 6.23. The average Bonchev–Trinajstić information content (AvgIpc) is 3.15. The van der Waals surface area contributed by atoms with Crippen molar-refractivity contribution < 1.29 is 18.7 Å². The van der Waals surface area contributed by atoms with Crippen LogP contribution in [0.2, 0.25) is 5.02 Å². The zero-order chi connectivity index (χ0) is 22.0. The Morgan fingerprint density at radius 3 is 2.58 bits per heavy atom. The number of amides is 2. The van der Waals surface area contributed by atoms with Crippen LogP contribution in [-0.4, -0.2) is 61.4 Å². The molecule has 6 nitrogen and oxygen atoms in total.